The van der Waals surface area contributed by atoms with Crippen molar-refractivity contribution in [2.75, 3.05) is 17.3 Å². The fraction of sp³-hybridized carbons (Fsp3) is 0.571. The Morgan fingerprint density at radius 2 is 1.90 bits per heavy atom. The average molecular weight is 449 g/mol. The molecular formula is C21H28N4O3S2. The fourth-order valence-corrected chi connectivity index (χ4v) is 6.80. The lowest BCUT2D eigenvalue weighted by Crippen LogP contribution is -2.47. The van der Waals surface area contributed by atoms with Crippen molar-refractivity contribution in [3.8, 4) is 11.4 Å². The van der Waals surface area contributed by atoms with Crippen LogP contribution in [0.4, 0.5) is 0 Å². The highest BCUT2D eigenvalue weighted by Gasteiger charge is 2.38. The molecule has 1 atom stereocenters. The third-order valence-electron chi connectivity index (χ3n) is 6.03. The molecule has 162 valence electrons. The maximum atomic E-state index is 13.1. The molecule has 2 heterocycles. The second-order valence-corrected chi connectivity index (χ2v) is 11.3. The number of aromatic amines is 1. The second-order valence-electron chi connectivity index (χ2n) is 8.10. The number of rotatable bonds is 7. The summed E-state index contributed by atoms with van der Waals surface area (Å²) in [7, 11) is -3.03. The maximum absolute atomic E-state index is 13.1. The van der Waals surface area contributed by atoms with Crippen LogP contribution in [0.5, 0.6) is 0 Å². The van der Waals surface area contributed by atoms with E-state index >= 15 is 0 Å². The van der Waals surface area contributed by atoms with E-state index in [2.05, 4.69) is 34.2 Å². The lowest BCUT2D eigenvalue weighted by Gasteiger charge is -2.34. The first-order valence-corrected chi connectivity index (χ1v) is 13.4. The Bertz CT molecular complexity index is 982. The summed E-state index contributed by atoms with van der Waals surface area (Å²) in [6.07, 6.45) is 5.66. The minimum atomic E-state index is -3.03. The molecule has 1 unspecified atom stereocenters. The van der Waals surface area contributed by atoms with E-state index in [-0.39, 0.29) is 35.2 Å². The van der Waals surface area contributed by atoms with Gasteiger partial charge < -0.3 is 4.90 Å². The number of benzene rings is 1. The van der Waals surface area contributed by atoms with Gasteiger partial charge in [-0.25, -0.2) is 13.4 Å². The first-order chi connectivity index (χ1) is 14.4. The maximum Gasteiger partial charge on any atom is 0.233 e. The van der Waals surface area contributed by atoms with Crippen molar-refractivity contribution in [2.24, 2.45) is 0 Å². The number of H-pyrrole nitrogens is 1. The van der Waals surface area contributed by atoms with Crippen molar-refractivity contribution in [3.05, 3.63) is 29.8 Å². The molecule has 1 aromatic heterocycles. The molecule has 2 aliphatic rings. The van der Waals surface area contributed by atoms with Crippen molar-refractivity contribution in [1.29, 1.82) is 0 Å². The summed E-state index contributed by atoms with van der Waals surface area (Å²) in [5.74, 6) is 1.18. The quantitative estimate of drug-likeness (QED) is 0.654. The smallest absolute Gasteiger partial charge is 0.233 e. The number of thioether (sulfide) groups is 1. The predicted octanol–water partition coefficient (Wildman–Crippen LogP) is 3.08. The number of aryl methyl sites for hydroxylation is 1. The van der Waals surface area contributed by atoms with Crippen molar-refractivity contribution in [3.63, 3.8) is 0 Å². The SMILES string of the molecule is CCc1ccc(-c2nc(SCC(=O)N(C3CCCC3)C3CCS(=O)(=O)C3)n[nH]2)cc1. The molecule has 1 amide bonds. The van der Waals surface area contributed by atoms with Gasteiger partial charge in [0.15, 0.2) is 15.7 Å². The monoisotopic (exact) mass is 448 g/mol. The molecule has 1 aliphatic carbocycles. The van der Waals surface area contributed by atoms with Gasteiger partial charge in [-0.15, -0.1) is 5.10 Å². The zero-order chi connectivity index (χ0) is 21.1. The Labute approximate surface area is 182 Å². The topological polar surface area (TPSA) is 96.0 Å². The number of hydrogen-bond acceptors (Lipinski definition) is 6. The highest BCUT2D eigenvalue weighted by atomic mass is 32.2. The minimum absolute atomic E-state index is 0.00681. The molecule has 0 bridgehead atoms. The highest BCUT2D eigenvalue weighted by molar-refractivity contribution is 7.99. The molecule has 0 spiro atoms. The second kappa shape index (κ2) is 9.09. The molecule has 1 saturated carbocycles. The van der Waals surface area contributed by atoms with Gasteiger partial charge in [0.1, 0.15) is 0 Å². The molecule has 9 heteroatoms. The molecule has 1 aromatic carbocycles. The van der Waals surface area contributed by atoms with Crippen molar-refractivity contribution in [2.45, 2.75) is 62.7 Å². The van der Waals surface area contributed by atoms with E-state index in [1.54, 1.807) is 0 Å². The summed E-state index contributed by atoms with van der Waals surface area (Å²) in [6.45, 7) is 2.12. The lowest BCUT2D eigenvalue weighted by atomic mass is 10.1. The summed E-state index contributed by atoms with van der Waals surface area (Å²) in [6, 6.07) is 8.15. The van der Waals surface area contributed by atoms with Crippen LogP contribution in [0.25, 0.3) is 11.4 Å². The van der Waals surface area contributed by atoms with Gasteiger partial charge in [0, 0.05) is 17.6 Å². The van der Waals surface area contributed by atoms with Gasteiger partial charge in [0.05, 0.1) is 17.3 Å². The first-order valence-electron chi connectivity index (χ1n) is 10.6. The number of carbonyl (C=O) groups is 1. The molecule has 7 nitrogen and oxygen atoms in total. The Balaban J connectivity index is 1.41. The van der Waals surface area contributed by atoms with Gasteiger partial charge in [0.2, 0.25) is 11.1 Å². The van der Waals surface area contributed by atoms with Crippen LogP contribution in [-0.4, -0.2) is 63.7 Å². The molecule has 0 radical (unpaired) electrons. The zero-order valence-electron chi connectivity index (χ0n) is 17.2. The standard InChI is InChI=1S/C21H28N4O3S2/c1-2-15-7-9-16(10-8-15)20-22-21(24-23-20)29-13-19(26)25(17-5-3-4-6-17)18-11-12-30(27,28)14-18/h7-10,17-18H,2-6,11-14H2,1H3,(H,22,23,24). The molecular weight excluding hydrogens is 420 g/mol. The Morgan fingerprint density at radius 1 is 1.17 bits per heavy atom. The normalized spacial score (nSPS) is 21.2. The Kier molecular flexibility index (Phi) is 6.48. The van der Waals surface area contributed by atoms with Crippen molar-refractivity contribution >= 4 is 27.5 Å². The van der Waals surface area contributed by atoms with Crippen LogP contribution in [0.15, 0.2) is 29.4 Å². The van der Waals surface area contributed by atoms with E-state index in [0.717, 1.165) is 37.7 Å². The molecule has 30 heavy (non-hydrogen) atoms. The number of hydrogen-bond donors (Lipinski definition) is 1. The van der Waals surface area contributed by atoms with Gasteiger partial charge in [-0.1, -0.05) is 55.8 Å². The molecule has 1 N–H and O–H groups in total. The molecule has 1 saturated heterocycles. The predicted molar refractivity (Wildman–Crippen MR) is 118 cm³/mol. The van der Waals surface area contributed by atoms with Crippen LogP contribution in [0, 0.1) is 0 Å². The van der Waals surface area contributed by atoms with Crippen molar-refractivity contribution < 1.29 is 13.2 Å². The molecule has 1 aliphatic heterocycles. The number of sulfone groups is 1. The first kappa shape index (κ1) is 21.4. The van der Waals surface area contributed by atoms with E-state index in [9.17, 15) is 13.2 Å². The molecule has 4 rings (SSSR count). The lowest BCUT2D eigenvalue weighted by molar-refractivity contribution is -0.132. The van der Waals surface area contributed by atoms with Crippen LogP contribution in [-0.2, 0) is 21.1 Å². The van der Waals surface area contributed by atoms with Crippen LogP contribution in [0.3, 0.4) is 0 Å². The molecule has 2 aromatic rings. The van der Waals surface area contributed by atoms with Gasteiger partial charge in [-0.2, -0.15) is 0 Å². The van der Waals surface area contributed by atoms with E-state index in [4.69, 9.17) is 0 Å². The minimum Gasteiger partial charge on any atom is -0.335 e. The highest BCUT2D eigenvalue weighted by Crippen LogP contribution is 2.30. The summed E-state index contributed by atoms with van der Waals surface area (Å²) >= 11 is 1.30. The third-order valence-corrected chi connectivity index (χ3v) is 8.62. The summed E-state index contributed by atoms with van der Waals surface area (Å²) in [5.41, 5.74) is 2.22. The Morgan fingerprint density at radius 3 is 2.53 bits per heavy atom. The van der Waals surface area contributed by atoms with Crippen LogP contribution in [0.1, 0.15) is 44.6 Å². The van der Waals surface area contributed by atoms with Crippen LogP contribution >= 0.6 is 11.8 Å². The summed E-state index contributed by atoms with van der Waals surface area (Å²) < 4.78 is 23.9. The third kappa shape index (κ3) is 4.88. The summed E-state index contributed by atoms with van der Waals surface area (Å²) in [5, 5.41) is 7.72. The number of aromatic nitrogens is 3. The van der Waals surface area contributed by atoms with Gasteiger partial charge in [0.25, 0.3) is 0 Å². The number of amides is 1. The van der Waals surface area contributed by atoms with E-state index in [1.165, 1.54) is 17.3 Å². The van der Waals surface area contributed by atoms with Crippen LogP contribution in [0.2, 0.25) is 0 Å². The van der Waals surface area contributed by atoms with E-state index < -0.39 is 9.84 Å². The van der Waals surface area contributed by atoms with Gasteiger partial charge >= 0.3 is 0 Å². The molecule has 2 fully saturated rings. The largest absolute Gasteiger partial charge is 0.335 e. The van der Waals surface area contributed by atoms with Crippen molar-refractivity contribution in [1.82, 2.24) is 20.1 Å². The Hall–Kier alpha value is -1.87. The van der Waals surface area contributed by atoms with E-state index in [1.807, 2.05) is 17.0 Å². The summed E-state index contributed by atoms with van der Waals surface area (Å²) in [4.78, 5) is 19.5. The van der Waals surface area contributed by atoms with Crippen LogP contribution < -0.4 is 0 Å². The number of nitrogens with zero attached hydrogens (tertiary/aromatic N) is 3. The fourth-order valence-electron chi connectivity index (χ4n) is 4.42. The zero-order valence-corrected chi connectivity index (χ0v) is 18.8. The van der Waals surface area contributed by atoms with Gasteiger partial charge in [-0.3, -0.25) is 9.89 Å². The van der Waals surface area contributed by atoms with Gasteiger partial charge in [-0.05, 0) is 31.2 Å². The average Bonchev–Trinajstić information content (AvgIpc) is 3.49. The number of carbonyl (C=O) groups excluding carboxylic acids is 1. The number of nitrogens with one attached hydrogen (secondary N) is 1. The van der Waals surface area contributed by atoms with E-state index in [0.29, 0.717) is 17.4 Å².